The molecule has 0 fully saturated rings. The van der Waals surface area contributed by atoms with Crippen LogP contribution in [0, 0.1) is 6.92 Å². The maximum absolute atomic E-state index is 11.9. The molecule has 0 aliphatic rings. The number of ether oxygens (including phenoxy) is 1. The number of anilines is 1. The van der Waals surface area contributed by atoms with Gasteiger partial charge in [-0.1, -0.05) is 16.8 Å². The van der Waals surface area contributed by atoms with E-state index in [1.165, 1.54) is 37.1 Å². The standard InChI is InChI=1S/C14H14ClN3O4S/c1-8-16-12(18-22-8)6-23-7-13(19)17-11-5-9(14(20)21-2)3-4-10(11)15/h3-5H,6-7H2,1-2H3,(H,17,19). The molecule has 0 radical (unpaired) electrons. The molecule has 0 aliphatic heterocycles. The number of nitrogens with one attached hydrogen (secondary N) is 1. The highest BCUT2D eigenvalue weighted by Crippen LogP contribution is 2.24. The molecule has 2 aromatic rings. The van der Waals surface area contributed by atoms with Crippen molar-refractivity contribution in [2.45, 2.75) is 12.7 Å². The summed E-state index contributed by atoms with van der Waals surface area (Å²) in [4.78, 5) is 27.5. The van der Waals surface area contributed by atoms with E-state index in [-0.39, 0.29) is 11.7 Å². The average Bonchev–Trinajstić information content (AvgIpc) is 2.94. The summed E-state index contributed by atoms with van der Waals surface area (Å²) in [5.41, 5.74) is 0.665. The van der Waals surface area contributed by atoms with Crippen LogP contribution in [0.3, 0.4) is 0 Å². The molecular weight excluding hydrogens is 342 g/mol. The zero-order chi connectivity index (χ0) is 16.8. The Balaban J connectivity index is 1.90. The van der Waals surface area contributed by atoms with Crippen LogP contribution in [0.15, 0.2) is 22.7 Å². The second kappa shape index (κ2) is 7.98. The highest BCUT2D eigenvalue weighted by Gasteiger charge is 2.12. The zero-order valence-electron chi connectivity index (χ0n) is 12.5. The van der Waals surface area contributed by atoms with Crippen molar-refractivity contribution in [2.24, 2.45) is 0 Å². The minimum absolute atomic E-state index is 0.187. The number of rotatable bonds is 6. The molecule has 1 amide bonds. The van der Waals surface area contributed by atoms with Gasteiger partial charge in [0.2, 0.25) is 11.8 Å². The number of thioether (sulfide) groups is 1. The van der Waals surface area contributed by atoms with Gasteiger partial charge < -0.3 is 14.6 Å². The van der Waals surface area contributed by atoms with Crippen LogP contribution in [0.5, 0.6) is 0 Å². The highest BCUT2D eigenvalue weighted by molar-refractivity contribution is 7.99. The van der Waals surface area contributed by atoms with Crippen LogP contribution in [-0.4, -0.2) is 34.9 Å². The van der Waals surface area contributed by atoms with Gasteiger partial charge in [-0.2, -0.15) is 4.98 Å². The second-order valence-corrected chi connectivity index (χ2v) is 5.85. The van der Waals surface area contributed by atoms with Gasteiger partial charge >= 0.3 is 5.97 Å². The molecular formula is C14H14ClN3O4S. The van der Waals surface area contributed by atoms with Crippen LogP contribution in [-0.2, 0) is 15.3 Å². The van der Waals surface area contributed by atoms with E-state index in [4.69, 9.17) is 16.1 Å². The molecule has 1 N–H and O–H groups in total. The minimum atomic E-state index is -0.501. The van der Waals surface area contributed by atoms with Gasteiger partial charge in [0.15, 0.2) is 5.82 Å². The second-order valence-electron chi connectivity index (χ2n) is 4.46. The van der Waals surface area contributed by atoms with Gasteiger partial charge in [0.05, 0.1) is 34.9 Å². The third-order valence-corrected chi connectivity index (χ3v) is 3.95. The first-order chi connectivity index (χ1) is 11.0. The fourth-order valence-corrected chi connectivity index (χ4v) is 2.51. The van der Waals surface area contributed by atoms with Crippen LogP contribution in [0.4, 0.5) is 5.69 Å². The predicted molar refractivity (Wildman–Crippen MR) is 86.6 cm³/mol. The molecule has 0 saturated carbocycles. The molecule has 0 unspecified atom stereocenters. The summed E-state index contributed by atoms with van der Waals surface area (Å²) in [7, 11) is 1.28. The molecule has 0 atom stereocenters. The normalized spacial score (nSPS) is 10.4. The number of carbonyl (C=O) groups is 2. The fourth-order valence-electron chi connectivity index (χ4n) is 1.69. The molecule has 1 aromatic heterocycles. The van der Waals surface area contributed by atoms with Crippen molar-refractivity contribution in [3.8, 4) is 0 Å². The Hall–Kier alpha value is -2.06. The summed E-state index contributed by atoms with van der Waals surface area (Å²) in [5.74, 6) is 0.910. The van der Waals surface area contributed by atoms with Crippen molar-refractivity contribution in [1.29, 1.82) is 0 Å². The molecule has 0 bridgehead atoms. The fraction of sp³-hybridized carbons (Fsp3) is 0.286. The lowest BCUT2D eigenvalue weighted by molar-refractivity contribution is -0.113. The Kier molecular flexibility index (Phi) is 6.00. The van der Waals surface area contributed by atoms with E-state index >= 15 is 0 Å². The third kappa shape index (κ3) is 4.97. The summed E-state index contributed by atoms with van der Waals surface area (Å²) in [6.45, 7) is 1.70. The first-order valence-corrected chi connectivity index (χ1v) is 8.07. The number of carbonyl (C=O) groups excluding carboxylic acids is 2. The number of aromatic nitrogens is 2. The van der Waals surface area contributed by atoms with Crippen molar-refractivity contribution < 1.29 is 18.8 Å². The Morgan fingerprint density at radius 2 is 2.22 bits per heavy atom. The van der Waals surface area contributed by atoms with Gasteiger partial charge in [-0.3, -0.25) is 4.79 Å². The lowest BCUT2D eigenvalue weighted by Gasteiger charge is -2.08. The van der Waals surface area contributed by atoms with E-state index in [0.29, 0.717) is 33.7 Å². The zero-order valence-corrected chi connectivity index (χ0v) is 14.0. The first kappa shape index (κ1) is 17.3. The van der Waals surface area contributed by atoms with Crippen molar-refractivity contribution in [2.75, 3.05) is 18.2 Å². The van der Waals surface area contributed by atoms with Gasteiger partial charge in [-0.25, -0.2) is 4.79 Å². The number of amides is 1. The monoisotopic (exact) mass is 355 g/mol. The Bertz CT molecular complexity index is 720. The van der Waals surface area contributed by atoms with E-state index < -0.39 is 5.97 Å². The summed E-state index contributed by atoms with van der Waals surface area (Å²) < 4.78 is 9.47. The maximum Gasteiger partial charge on any atom is 0.337 e. The quantitative estimate of drug-likeness (QED) is 0.796. The third-order valence-electron chi connectivity index (χ3n) is 2.70. The summed E-state index contributed by atoms with van der Waals surface area (Å²) in [5, 5.41) is 6.74. The molecule has 0 aliphatic carbocycles. The van der Waals surface area contributed by atoms with Gasteiger partial charge in [0, 0.05) is 6.92 Å². The Morgan fingerprint density at radius 3 is 2.87 bits per heavy atom. The molecule has 1 aromatic carbocycles. The summed E-state index contributed by atoms with van der Waals surface area (Å²) >= 11 is 7.35. The van der Waals surface area contributed by atoms with E-state index in [2.05, 4.69) is 20.2 Å². The van der Waals surface area contributed by atoms with Gasteiger partial charge in [-0.05, 0) is 18.2 Å². The average molecular weight is 356 g/mol. The van der Waals surface area contributed by atoms with E-state index in [1.807, 2.05) is 0 Å². The molecule has 23 heavy (non-hydrogen) atoms. The number of methoxy groups -OCH3 is 1. The van der Waals surface area contributed by atoms with Crippen molar-refractivity contribution in [3.63, 3.8) is 0 Å². The van der Waals surface area contributed by atoms with Crippen LogP contribution >= 0.6 is 23.4 Å². The lowest BCUT2D eigenvalue weighted by Crippen LogP contribution is -2.15. The van der Waals surface area contributed by atoms with Gasteiger partial charge in [-0.15, -0.1) is 11.8 Å². The molecule has 9 heteroatoms. The number of halogens is 1. The summed E-state index contributed by atoms with van der Waals surface area (Å²) in [6.07, 6.45) is 0. The van der Waals surface area contributed by atoms with Gasteiger partial charge in [0.25, 0.3) is 0 Å². The van der Waals surface area contributed by atoms with E-state index in [1.54, 1.807) is 6.92 Å². The van der Waals surface area contributed by atoms with E-state index in [9.17, 15) is 9.59 Å². The van der Waals surface area contributed by atoms with Crippen molar-refractivity contribution in [1.82, 2.24) is 10.1 Å². The number of benzene rings is 1. The number of nitrogens with zero attached hydrogens (tertiary/aromatic N) is 2. The van der Waals surface area contributed by atoms with Crippen LogP contribution in [0.1, 0.15) is 22.1 Å². The van der Waals surface area contributed by atoms with Crippen LogP contribution < -0.4 is 5.32 Å². The molecule has 7 nitrogen and oxygen atoms in total. The van der Waals surface area contributed by atoms with Gasteiger partial charge in [0.1, 0.15) is 0 Å². The molecule has 0 saturated heterocycles. The first-order valence-electron chi connectivity index (χ1n) is 6.54. The highest BCUT2D eigenvalue weighted by atomic mass is 35.5. The minimum Gasteiger partial charge on any atom is -0.465 e. The maximum atomic E-state index is 11.9. The Morgan fingerprint density at radius 1 is 1.43 bits per heavy atom. The largest absolute Gasteiger partial charge is 0.465 e. The number of hydrogen-bond donors (Lipinski definition) is 1. The SMILES string of the molecule is COC(=O)c1ccc(Cl)c(NC(=O)CSCc2noc(C)n2)c1. The number of aryl methyl sites for hydroxylation is 1. The molecule has 1 heterocycles. The molecule has 122 valence electrons. The topological polar surface area (TPSA) is 94.3 Å². The lowest BCUT2D eigenvalue weighted by atomic mass is 10.2. The number of esters is 1. The molecule has 2 rings (SSSR count). The van der Waals surface area contributed by atoms with Crippen molar-refractivity contribution in [3.05, 3.63) is 40.5 Å². The van der Waals surface area contributed by atoms with Crippen LogP contribution in [0.2, 0.25) is 5.02 Å². The molecule has 0 spiro atoms. The van der Waals surface area contributed by atoms with Crippen LogP contribution in [0.25, 0.3) is 0 Å². The van der Waals surface area contributed by atoms with Crippen molar-refractivity contribution >= 4 is 40.9 Å². The van der Waals surface area contributed by atoms with E-state index in [0.717, 1.165) is 0 Å². The Labute approximate surface area is 141 Å². The predicted octanol–water partition coefficient (Wildman–Crippen LogP) is 2.69. The smallest absolute Gasteiger partial charge is 0.337 e. The number of hydrogen-bond acceptors (Lipinski definition) is 7. The summed E-state index contributed by atoms with van der Waals surface area (Å²) in [6, 6.07) is 4.52.